The van der Waals surface area contributed by atoms with Crippen molar-refractivity contribution in [3.8, 4) is 5.75 Å². The minimum Gasteiger partial charge on any atom is -0.492 e. The van der Waals surface area contributed by atoms with E-state index in [1.165, 1.54) is 0 Å². The molecule has 2 aromatic carbocycles. The van der Waals surface area contributed by atoms with Gasteiger partial charge in [0, 0.05) is 53.4 Å². The third kappa shape index (κ3) is 5.77. The number of ether oxygens (including phenoxy) is 2. The molecule has 0 atom stereocenters. The maximum Gasteiger partial charge on any atom is 0.145 e. The Bertz CT molecular complexity index is 1210. The van der Waals surface area contributed by atoms with Gasteiger partial charge in [0.25, 0.3) is 0 Å². The Morgan fingerprint density at radius 1 is 1.09 bits per heavy atom. The van der Waals surface area contributed by atoms with Crippen LogP contribution in [0.5, 0.6) is 5.75 Å². The van der Waals surface area contributed by atoms with Crippen LogP contribution >= 0.6 is 11.8 Å². The standard InChI is InChI=1S/C28H30N4O2S/c1-21-17-24-9-10-26(35-27-8-3-2-5-23(27)19-29)20-32(24)28(30-21)22-6-4-7-25(18-22)34-16-13-31-11-14-33-15-12-31/h2-10,17-18,20H,1,11-16,19,29H2. The highest BCUT2D eigenvalue weighted by atomic mass is 32.2. The van der Waals surface area contributed by atoms with Gasteiger partial charge >= 0.3 is 0 Å². The average molecular weight is 487 g/mol. The molecule has 0 amide bonds. The lowest BCUT2D eigenvalue weighted by molar-refractivity contribution is 0.0322. The molecule has 0 unspecified atom stereocenters. The average Bonchev–Trinajstić information content (AvgIpc) is 2.89. The molecule has 180 valence electrons. The molecule has 3 aliphatic rings. The second-order valence-corrected chi connectivity index (χ2v) is 9.59. The number of thioether (sulfide) groups is 1. The molecule has 0 aliphatic carbocycles. The maximum absolute atomic E-state index is 6.09. The molecule has 2 N–H and O–H groups in total. The number of benzene rings is 2. The van der Waals surface area contributed by atoms with E-state index in [4.69, 9.17) is 20.2 Å². The Hall–Kier alpha value is -3.10. The zero-order valence-electron chi connectivity index (χ0n) is 19.7. The summed E-state index contributed by atoms with van der Waals surface area (Å²) in [6.45, 7) is 9.66. The Morgan fingerprint density at radius 3 is 2.80 bits per heavy atom. The first-order valence-electron chi connectivity index (χ1n) is 11.9. The molecule has 1 saturated heterocycles. The van der Waals surface area contributed by atoms with E-state index in [2.05, 4.69) is 59.0 Å². The summed E-state index contributed by atoms with van der Waals surface area (Å²) in [7, 11) is 0. The number of nitrogens with zero attached hydrogens (tertiary/aromatic N) is 3. The van der Waals surface area contributed by atoms with Gasteiger partial charge in [-0.2, -0.15) is 0 Å². The summed E-state index contributed by atoms with van der Waals surface area (Å²) >= 11 is 1.71. The lowest BCUT2D eigenvalue weighted by atomic mass is 10.1. The van der Waals surface area contributed by atoms with Crippen LogP contribution in [-0.2, 0) is 11.3 Å². The van der Waals surface area contributed by atoms with Gasteiger partial charge in [-0.3, -0.25) is 4.90 Å². The highest BCUT2D eigenvalue weighted by Gasteiger charge is 2.23. The van der Waals surface area contributed by atoms with E-state index >= 15 is 0 Å². The number of nitrogens with two attached hydrogens (primary N) is 1. The smallest absolute Gasteiger partial charge is 0.145 e. The predicted octanol–water partition coefficient (Wildman–Crippen LogP) is 4.52. The quantitative estimate of drug-likeness (QED) is 0.592. The van der Waals surface area contributed by atoms with Gasteiger partial charge in [-0.25, -0.2) is 4.99 Å². The minimum absolute atomic E-state index is 0.514. The van der Waals surface area contributed by atoms with Crippen LogP contribution in [0, 0.1) is 0 Å². The summed E-state index contributed by atoms with van der Waals surface area (Å²) in [5.41, 5.74) is 9.83. The zero-order valence-corrected chi connectivity index (χ0v) is 20.5. The van der Waals surface area contributed by atoms with Crippen molar-refractivity contribution in [3.05, 3.63) is 107 Å². The molecular formula is C28H30N4O2S. The lowest BCUT2D eigenvalue weighted by Crippen LogP contribution is -2.38. The summed E-state index contributed by atoms with van der Waals surface area (Å²) < 4.78 is 11.5. The molecule has 0 aromatic heterocycles. The Labute approximate surface area is 211 Å². The van der Waals surface area contributed by atoms with Crippen molar-refractivity contribution in [3.63, 3.8) is 0 Å². The third-order valence-electron chi connectivity index (χ3n) is 6.04. The second-order valence-electron chi connectivity index (χ2n) is 8.47. The molecule has 0 bridgehead atoms. The van der Waals surface area contributed by atoms with Crippen molar-refractivity contribution in [2.24, 2.45) is 10.7 Å². The van der Waals surface area contributed by atoms with Crippen LogP contribution in [0.2, 0.25) is 0 Å². The van der Waals surface area contributed by atoms with Crippen LogP contribution < -0.4 is 10.5 Å². The van der Waals surface area contributed by atoms with E-state index in [0.717, 1.165) is 76.8 Å². The van der Waals surface area contributed by atoms with Crippen LogP contribution in [0.25, 0.3) is 0 Å². The largest absolute Gasteiger partial charge is 0.492 e. The fourth-order valence-electron chi connectivity index (χ4n) is 4.19. The summed E-state index contributed by atoms with van der Waals surface area (Å²) in [4.78, 5) is 11.6. The van der Waals surface area contributed by atoms with Crippen molar-refractivity contribution in [2.75, 3.05) is 39.5 Å². The molecule has 3 heterocycles. The molecule has 1 fully saturated rings. The highest BCUT2D eigenvalue weighted by molar-refractivity contribution is 8.03. The Balaban J connectivity index is 1.33. The van der Waals surface area contributed by atoms with Gasteiger partial charge in [0.15, 0.2) is 0 Å². The number of amidine groups is 1. The number of rotatable bonds is 8. The number of morpholine rings is 1. The van der Waals surface area contributed by atoms with Gasteiger partial charge in [-0.1, -0.05) is 48.7 Å². The van der Waals surface area contributed by atoms with Crippen LogP contribution in [-0.4, -0.2) is 55.1 Å². The molecule has 0 radical (unpaired) electrons. The number of aliphatic imine (C=N–C) groups is 1. The van der Waals surface area contributed by atoms with Gasteiger partial charge in [0.1, 0.15) is 18.2 Å². The number of fused-ring (bicyclic) bond motifs is 1. The Kier molecular flexibility index (Phi) is 7.49. The van der Waals surface area contributed by atoms with Gasteiger partial charge in [0.05, 0.1) is 18.9 Å². The summed E-state index contributed by atoms with van der Waals surface area (Å²) in [5.74, 6) is 1.67. The van der Waals surface area contributed by atoms with Crippen molar-refractivity contribution >= 4 is 17.6 Å². The molecule has 3 aliphatic heterocycles. The van der Waals surface area contributed by atoms with E-state index in [1.807, 2.05) is 30.3 Å². The lowest BCUT2D eigenvalue weighted by Gasteiger charge is -2.30. The van der Waals surface area contributed by atoms with Crippen LogP contribution in [0.3, 0.4) is 0 Å². The summed E-state index contributed by atoms with van der Waals surface area (Å²) in [5, 5.41) is 0. The maximum atomic E-state index is 6.09. The van der Waals surface area contributed by atoms with Gasteiger partial charge in [-0.15, -0.1) is 0 Å². The summed E-state index contributed by atoms with van der Waals surface area (Å²) in [6, 6.07) is 16.4. The van der Waals surface area contributed by atoms with Crippen molar-refractivity contribution in [1.82, 2.24) is 9.80 Å². The third-order valence-corrected chi connectivity index (χ3v) is 7.13. The molecular weight excluding hydrogens is 456 g/mol. The summed E-state index contributed by atoms with van der Waals surface area (Å²) in [6.07, 6.45) is 8.35. The topological polar surface area (TPSA) is 63.3 Å². The van der Waals surface area contributed by atoms with Crippen molar-refractivity contribution in [1.29, 1.82) is 0 Å². The van der Waals surface area contributed by atoms with Crippen LogP contribution in [0.1, 0.15) is 11.1 Å². The molecule has 0 spiro atoms. The molecule has 2 aromatic rings. The minimum atomic E-state index is 0.514. The van der Waals surface area contributed by atoms with Crippen LogP contribution in [0.4, 0.5) is 0 Å². The second kappa shape index (κ2) is 11.1. The molecule has 5 rings (SSSR count). The molecule has 7 heteroatoms. The fourth-order valence-corrected chi connectivity index (χ4v) is 5.17. The number of hydrogen-bond donors (Lipinski definition) is 1. The van der Waals surface area contributed by atoms with E-state index in [-0.39, 0.29) is 0 Å². The zero-order chi connectivity index (χ0) is 24.0. The highest BCUT2D eigenvalue weighted by Crippen LogP contribution is 2.35. The first-order chi connectivity index (χ1) is 17.2. The van der Waals surface area contributed by atoms with E-state index < -0.39 is 0 Å². The first-order valence-corrected chi connectivity index (χ1v) is 12.7. The number of hydrogen-bond acceptors (Lipinski definition) is 7. The molecule has 6 nitrogen and oxygen atoms in total. The van der Waals surface area contributed by atoms with E-state index in [0.29, 0.717) is 13.2 Å². The number of allylic oxidation sites excluding steroid dienone is 3. The monoisotopic (exact) mass is 486 g/mol. The fraction of sp³-hybridized carbons (Fsp3) is 0.250. The van der Waals surface area contributed by atoms with Gasteiger partial charge in [-0.05, 0) is 42.0 Å². The van der Waals surface area contributed by atoms with E-state index in [9.17, 15) is 0 Å². The predicted molar refractivity (Wildman–Crippen MR) is 142 cm³/mol. The van der Waals surface area contributed by atoms with Crippen LogP contribution in [0.15, 0.2) is 106 Å². The van der Waals surface area contributed by atoms with E-state index in [1.54, 1.807) is 11.8 Å². The van der Waals surface area contributed by atoms with Gasteiger partial charge < -0.3 is 20.1 Å². The van der Waals surface area contributed by atoms with Gasteiger partial charge in [0.2, 0.25) is 0 Å². The SMILES string of the molecule is C=C1C=C2C=CC(Sc3ccccc3CN)=CN2C(c2cccc(OCCN3CCOCC3)c2)=N1. The Morgan fingerprint density at radius 2 is 1.94 bits per heavy atom. The van der Waals surface area contributed by atoms with Crippen molar-refractivity contribution < 1.29 is 9.47 Å². The molecule has 0 saturated carbocycles. The normalized spacial score (nSPS) is 18.0. The first kappa shape index (κ1) is 23.6. The molecule has 35 heavy (non-hydrogen) atoms. The van der Waals surface area contributed by atoms with Crippen molar-refractivity contribution in [2.45, 2.75) is 11.4 Å².